The van der Waals surface area contributed by atoms with Crippen LogP contribution in [0.3, 0.4) is 0 Å². The maximum Gasteiger partial charge on any atom is 0.237 e. The molecule has 0 aliphatic carbocycles. The predicted molar refractivity (Wildman–Crippen MR) is 50.1 cm³/mol. The summed E-state index contributed by atoms with van der Waals surface area (Å²) < 4.78 is 0. The lowest BCUT2D eigenvalue weighted by atomic mass is 10.0. The molecule has 4 nitrogen and oxygen atoms in total. The third-order valence-electron chi connectivity index (χ3n) is 2.52. The van der Waals surface area contributed by atoms with E-state index < -0.39 is 5.60 Å². The molecule has 1 fully saturated rings. The Bertz CT molecular complexity index is 204. The molecular weight excluding hydrogens is 168 g/mol. The van der Waals surface area contributed by atoms with Crippen LogP contribution in [0, 0.1) is 0 Å². The summed E-state index contributed by atoms with van der Waals surface area (Å²) in [6.07, 6.45) is 0.710. The summed E-state index contributed by atoms with van der Waals surface area (Å²) in [5.74, 6) is 0.131. The molecular formula is C9H18N2O2. The summed E-state index contributed by atoms with van der Waals surface area (Å²) in [4.78, 5) is 14.8. The van der Waals surface area contributed by atoms with Gasteiger partial charge in [0.2, 0.25) is 5.91 Å². The van der Waals surface area contributed by atoms with Crippen molar-refractivity contribution in [3.8, 4) is 0 Å². The van der Waals surface area contributed by atoms with E-state index in [1.165, 1.54) is 0 Å². The Morgan fingerprint density at radius 1 is 1.62 bits per heavy atom. The van der Waals surface area contributed by atoms with Gasteiger partial charge < -0.3 is 10.0 Å². The van der Waals surface area contributed by atoms with Crippen LogP contribution in [0.25, 0.3) is 0 Å². The van der Waals surface area contributed by atoms with Crippen molar-refractivity contribution in [2.24, 2.45) is 0 Å². The van der Waals surface area contributed by atoms with E-state index in [1.807, 2.05) is 11.8 Å². The summed E-state index contributed by atoms with van der Waals surface area (Å²) in [5.41, 5.74) is -0.675. The summed E-state index contributed by atoms with van der Waals surface area (Å²) in [7, 11) is 1.78. The fourth-order valence-corrected chi connectivity index (χ4v) is 1.44. The van der Waals surface area contributed by atoms with E-state index in [4.69, 9.17) is 0 Å². The number of nitrogens with zero attached hydrogens (tertiary/aromatic N) is 2. The molecule has 1 atom stereocenters. The summed E-state index contributed by atoms with van der Waals surface area (Å²) in [6.45, 7) is 5.39. The number of carbonyl (C=O) groups excluding carboxylic acids is 1. The first-order chi connectivity index (χ1) is 5.94. The number of likely N-dealkylation sites (N-methyl/N-ethyl adjacent to an activating group) is 1. The van der Waals surface area contributed by atoms with Gasteiger partial charge in [-0.1, -0.05) is 6.92 Å². The smallest absolute Gasteiger partial charge is 0.237 e. The third kappa shape index (κ3) is 2.67. The summed E-state index contributed by atoms with van der Waals surface area (Å²) >= 11 is 0. The van der Waals surface area contributed by atoms with Gasteiger partial charge in [-0.3, -0.25) is 9.69 Å². The molecule has 1 aliphatic heterocycles. The topological polar surface area (TPSA) is 43.8 Å². The zero-order chi connectivity index (χ0) is 10.1. The van der Waals surface area contributed by atoms with Gasteiger partial charge in [-0.25, -0.2) is 0 Å². The van der Waals surface area contributed by atoms with Crippen LogP contribution in [0.1, 0.15) is 20.3 Å². The molecule has 0 bridgehead atoms. The highest BCUT2D eigenvalue weighted by molar-refractivity contribution is 5.79. The zero-order valence-electron chi connectivity index (χ0n) is 8.58. The lowest BCUT2D eigenvalue weighted by Gasteiger charge is -2.26. The first-order valence-electron chi connectivity index (χ1n) is 4.63. The SMILES string of the molecule is CCC(C)(O)CN1CC(=O)N(C)C1. The average molecular weight is 186 g/mol. The number of amides is 1. The van der Waals surface area contributed by atoms with Crippen molar-refractivity contribution in [3.63, 3.8) is 0 Å². The number of carbonyl (C=O) groups is 1. The van der Waals surface area contributed by atoms with Crippen LogP contribution in [0.2, 0.25) is 0 Å². The number of β-amino-alcohol motifs (C(OH)–C–C–N with tert-alkyl or cyclic N) is 1. The number of hydrogen-bond acceptors (Lipinski definition) is 3. The van der Waals surface area contributed by atoms with Crippen LogP contribution < -0.4 is 0 Å². The fourth-order valence-electron chi connectivity index (χ4n) is 1.44. The van der Waals surface area contributed by atoms with Crippen molar-refractivity contribution < 1.29 is 9.90 Å². The standard InChI is InChI=1S/C9H18N2O2/c1-4-9(2,13)6-11-5-8(12)10(3)7-11/h13H,4-7H2,1-3H3. The van der Waals surface area contributed by atoms with Gasteiger partial charge in [-0.2, -0.15) is 0 Å². The van der Waals surface area contributed by atoms with Crippen LogP contribution in [-0.4, -0.2) is 53.2 Å². The highest BCUT2D eigenvalue weighted by Crippen LogP contribution is 2.13. The second-order valence-corrected chi connectivity index (χ2v) is 4.07. The van der Waals surface area contributed by atoms with Gasteiger partial charge in [-0.05, 0) is 13.3 Å². The van der Waals surface area contributed by atoms with Gasteiger partial charge in [-0.15, -0.1) is 0 Å². The number of aliphatic hydroxyl groups is 1. The predicted octanol–water partition coefficient (Wildman–Crippen LogP) is -0.121. The second kappa shape index (κ2) is 3.64. The third-order valence-corrected chi connectivity index (χ3v) is 2.52. The first kappa shape index (κ1) is 10.5. The van der Waals surface area contributed by atoms with Crippen molar-refractivity contribution >= 4 is 5.91 Å². The molecule has 1 unspecified atom stereocenters. The van der Waals surface area contributed by atoms with Gasteiger partial charge in [0.25, 0.3) is 0 Å². The van der Waals surface area contributed by atoms with Crippen LogP contribution in [0.15, 0.2) is 0 Å². The Labute approximate surface area is 79.1 Å². The lowest BCUT2D eigenvalue weighted by Crippen LogP contribution is -2.39. The molecule has 1 aliphatic rings. The molecule has 76 valence electrons. The van der Waals surface area contributed by atoms with E-state index in [1.54, 1.807) is 18.9 Å². The molecule has 1 saturated heterocycles. The Morgan fingerprint density at radius 3 is 2.62 bits per heavy atom. The highest BCUT2D eigenvalue weighted by atomic mass is 16.3. The van der Waals surface area contributed by atoms with E-state index in [2.05, 4.69) is 0 Å². The monoisotopic (exact) mass is 186 g/mol. The number of hydrogen-bond donors (Lipinski definition) is 1. The molecule has 0 aromatic carbocycles. The van der Waals surface area contributed by atoms with Gasteiger partial charge in [0, 0.05) is 13.6 Å². The van der Waals surface area contributed by atoms with Crippen LogP contribution in [0.5, 0.6) is 0 Å². The van der Waals surface area contributed by atoms with Gasteiger partial charge in [0.15, 0.2) is 0 Å². The second-order valence-electron chi connectivity index (χ2n) is 4.07. The van der Waals surface area contributed by atoms with Crippen LogP contribution in [-0.2, 0) is 4.79 Å². The molecule has 1 amide bonds. The van der Waals surface area contributed by atoms with E-state index >= 15 is 0 Å². The largest absolute Gasteiger partial charge is 0.389 e. The van der Waals surface area contributed by atoms with E-state index in [0.717, 1.165) is 0 Å². The lowest BCUT2D eigenvalue weighted by molar-refractivity contribution is -0.125. The van der Waals surface area contributed by atoms with Crippen LogP contribution in [0.4, 0.5) is 0 Å². The minimum atomic E-state index is -0.675. The normalized spacial score (nSPS) is 23.7. The molecule has 0 saturated carbocycles. The van der Waals surface area contributed by atoms with E-state index in [0.29, 0.717) is 26.2 Å². The average Bonchev–Trinajstić information content (AvgIpc) is 2.30. The Kier molecular flexibility index (Phi) is 2.93. The van der Waals surface area contributed by atoms with Crippen molar-refractivity contribution in [1.29, 1.82) is 0 Å². The maximum atomic E-state index is 11.2. The Balaban J connectivity index is 2.44. The minimum absolute atomic E-state index is 0.131. The van der Waals surface area contributed by atoms with Gasteiger partial charge >= 0.3 is 0 Å². The molecule has 0 radical (unpaired) electrons. The summed E-state index contributed by atoms with van der Waals surface area (Å²) in [5, 5.41) is 9.78. The Morgan fingerprint density at radius 2 is 2.23 bits per heavy atom. The van der Waals surface area contributed by atoms with Gasteiger partial charge in [0.05, 0.1) is 18.8 Å². The quantitative estimate of drug-likeness (QED) is 0.668. The molecule has 1 rings (SSSR count). The Hall–Kier alpha value is -0.610. The van der Waals surface area contributed by atoms with Crippen LogP contribution >= 0.6 is 0 Å². The first-order valence-corrected chi connectivity index (χ1v) is 4.63. The number of rotatable bonds is 3. The summed E-state index contributed by atoms with van der Waals surface area (Å²) in [6, 6.07) is 0. The zero-order valence-corrected chi connectivity index (χ0v) is 8.58. The molecule has 13 heavy (non-hydrogen) atoms. The van der Waals surface area contributed by atoms with Crippen molar-refractivity contribution in [2.45, 2.75) is 25.9 Å². The van der Waals surface area contributed by atoms with Crippen molar-refractivity contribution in [2.75, 3.05) is 26.8 Å². The molecule has 0 aromatic heterocycles. The molecule has 1 heterocycles. The van der Waals surface area contributed by atoms with Gasteiger partial charge in [0.1, 0.15) is 0 Å². The van der Waals surface area contributed by atoms with Crippen molar-refractivity contribution in [1.82, 2.24) is 9.80 Å². The minimum Gasteiger partial charge on any atom is -0.389 e. The highest BCUT2D eigenvalue weighted by Gasteiger charge is 2.29. The molecule has 0 spiro atoms. The fraction of sp³-hybridized carbons (Fsp3) is 0.889. The molecule has 1 N–H and O–H groups in total. The van der Waals surface area contributed by atoms with Crippen molar-refractivity contribution in [3.05, 3.63) is 0 Å². The maximum absolute atomic E-state index is 11.2. The van der Waals surface area contributed by atoms with E-state index in [9.17, 15) is 9.90 Å². The molecule has 0 aromatic rings. The molecule has 4 heteroatoms. The van der Waals surface area contributed by atoms with E-state index in [-0.39, 0.29) is 5.91 Å².